The first-order valence-corrected chi connectivity index (χ1v) is 6.01. The Balaban J connectivity index is 2.66. The molecule has 2 heterocycles. The van der Waals surface area contributed by atoms with E-state index >= 15 is 0 Å². The van der Waals surface area contributed by atoms with Crippen molar-refractivity contribution < 1.29 is 0 Å². The first-order valence-electron chi connectivity index (χ1n) is 6.01. The summed E-state index contributed by atoms with van der Waals surface area (Å²) in [5, 5.41) is 4.43. The molecular formula is C12H17N5O. The first kappa shape index (κ1) is 12.3. The van der Waals surface area contributed by atoms with Gasteiger partial charge in [-0.1, -0.05) is 13.8 Å². The fraction of sp³-hybridized carbons (Fsp3) is 0.417. The number of nitrogen functional groups attached to an aromatic ring is 1. The molecule has 2 aromatic heterocycles. The largest absolute Gasteiger partial charge is 0.396 e. The maximum atomic E-state index is 11.5. The lowest BCUT2D eigenvalue weighted by molar-refractivity contribution is 0.760. The Labute approximate surface area is 105 Å². The maximum Gasteiger partial charge on any atom is 0.253 e. The van der Waals surface area contributed by atoms with Crippen LogP contribution >= 0.6 is 0 Å². The van der Waals surface area contributed by atoms with Gasteiger partial charge in [-0.2, -0.15) is 5.10 Å². The summed E-state index contributed by atoms with van der Waals surface area (Å²) in [6, 6.07) is 1.43. The Morgan fingerprint density at radius 1 is 1.39 bits per heavy atom. The van der Waals surface area contributed by atoms with Crippen molar-refractivity contribution in [1.82, 2.24) is 19.7 Å². The van der Waals surface area contributed by atoms with E-state index in [4.69, 9.17) is 5.73 Å². The SMILES string of the molecule is CCc1nn(-c2cc(=O)[nH]c(C)n2)c(CC)c1N. The predicted molar refractivity (Wildman–Crippen MR) is 69.9 cm³/mol. The smallest absolute Gasteiger partial charge is 0.253 e. The van der Waals surface area contributed by atoms with E-state index in [-0.39, 0.29) is 5.56 Å². The van der Waals surface area contributed by atoms with Gasteiger partial charge in [-0.25, -0.2) is 9.67 Å². The van der Waals surface area contributed by atoms with E-state index < -0.39 is 0 Å². The second-order valence-corrected chi connectivity index (χ2v) is 4.11. The van der Waals surface area contributed by atoms with Crippen LogP contribution in [-0.4, -0.2) is 19.7 Å². The zero-order chi connectivity index (χ0) is 13.3. The van der Waals surface area contributed by atoms with Gasteiger partial charge in [0.05, 0.1) is 17.1 Å². The highest BCUT2D eigenvalue weighted by Gasteiger charge is 2.15. The lowest BCUT2D eigenvalue weighted by Gasteiger charge is -2.05. The van der Waals surface area contributed by atoms with Gasteiger partial charge in [0.1, 0.15) is 5.82 Å². The summed E-state index contributed by atoms with van der Waals surface area (Å²) < 4.78 is 1.66. The summed E-state index contributed by atoms with van der Waals surface area (Å²) in [7, 11) is 0. The molecule has 6 nitrogen and oxygen atoms in total. The molecule has 0 amide bonds. The standard InChI is InChI=1S/C12H17N5O/c1-4-8-12(13)9(5-2)17(16-8)10-6-11(18)15-7(3)14-10/h6H,4-5,13H2,1-3H3,(H,14,15,18). The van der Waals surface area contributed by atoms with Crippen LogP contribution in [0.4, 0.5) is 5.69 Å². The minimum atomic E-state index is -0.188. The highest BCUT2D eigenvalue weighted by molar-refractivity contribution is 5.50. The van der Waals surface area contributed by atoms with Gasteiger partial charge in [0.25, 0.3) is 5.56 Å². The van der Waals surface area contributed by atoms with Gasteiger partial charge >= 0.3 is 0 Å². The Morgan fingerprint density at radius 3 is 2.67 bits per heavy atom. The molecule has 0 aliphatic carbocycles. The highest BCUT2D eigenvalue weighted by Crippen LogP contribution is 2.20. The van der Waals surface area contributed by atoms with Gasteiger partial charge < -0.3 is 10.7 Å². The van der Waals surface area contributed by atoms with Crippen LogP contribution in [0.25, 0.3) is 5.82 Å². The number of hydrogen-bond acceptors (Lipinski definition) is 4. The molecule has 96 valence electrons. The van der Waals surface area contributed by atoms with E-state index in [9.17, 15) is 4.79 Å². The molecule has 3 N–H and O–H groups in total. The number of aromatic nitrogens is 4. The molecule has 2 aromatic rings. The van der Waals surface area contributed by atoms with Crippen molar-refractivity contribution in [2.24, 2.45) is 0 Å². The monoisotopic (exact) mass is 247 g/mol. The minimum absolute atomic E-state index is 0.188. The Morgan fingerprint density at radius 2 is 2.11 bits per heavy atom. The van der Waals surface area contributed by atoms with Crippen molar-refractivity contribution in [3.63, 3.8) is 0 Å². The quantitative estimate of drug-likeness (QED) is 0.845. The number of rotatable bonds is 3. The summed E-state index contributed by atoms with van der Waals surface area (Å²) in [4.78, 5) is 18.4. The van der Waals surface area contributed by atoms with Gasteiger partial charge in [-0.3, -0.25) is 4.79 Å². The molecule has 0 aliphatic heterocycles. The van der Waals surface area contributed by atoms with E-state index in [1.807, 2.05) is 13.8 Å². The molecular weight excluding hydrogens is 230 g/mol. The van der Waals surface area contributed by atoms with Crippen LogP contribution in [0.2, 0.25) is 0 Å². The molecule has 0 atom stereocenters. The number of aryl methyl sites for hydroxylation is 2. The Hall–Kier alpha value is -2.11. The third-order valence-electron chi connectivity index (χ3n) is 2.83. The van der Waals surface area contributed by atoms with E-state index in [0.717, 1.165) is 24.2 Å². The molecule has 0 saturated carbocycles. The molecule has 0 aliphatic rings. The van der Waals surface area contributed by atoms with E-state index in [2.05, 4.69) is 15.1 Å². The van der Waals surface area contributed by atoms with Gasteiger partial charge in [0, 0.05) is 6.07 Å². The number of anilines is 1. The molecule has 0 fully saturated rings. The van der Waals surface area contributed by atoms with Crippen molar-refractivity contribution in [3.05, 3.63) is 33.6 Å². The number of nitrogens with one attached hydrogen (secondary N) is 1. The number of aromatic amines is 1. The van der Waals surface area contributed by atoms with Crippen molar-refractivity contribution in [2.75, 3.05) is 5.73 Å². The second-order valence-electron chi connectivity index (χ2n) is 4.11. The van der Waals surface area contributed by atoms with Crippen molar-refractivity contribution in [2.45, 2.75) is 33.6 Å². The average molecular weight is 247 g/mol. The highest BCUT2D eigenvalue weighted by atomic mass is 16.1. The third kappa shape index (κ3) is 2.01. The molecule has 0 unspecified atom stereocenters. The molecule has 6 heteroatoms. The van der Waals surface area contributed by atoms with Gasteiger partial charge in [-0.15, -0.1) is 0 Å². The summed E-state index contributed by atoms with van der Waals surface area (Å²) in [6.07, 6.45) is 1.50. The third-order valence-corrected chi connectivity index (χ3v) is 2.83. The number of H-pyrrole nitrogens is 1. The summed E-state index contributed by atoms with van der Waals surface area (Å²) in [6.45, 7) is 5.74. The van der Waals surface area contributed by atoms with Crippen molar-refractivity contribution in [3.8, 4) is 5.82 Å². The number of nitrogens with zero attached hydrogens (tertiary/aromatic N) is 3. The Kier molecular flexibility index (Phi) is 3.18. The van der Waals surface area contributed by atoms with Crippen LogP contribution in [0.5, 0.6) is 0 Å². The van der Waals surface area contributed by atoms with E-state index in [0.29, 0.717) is 17.3 Å². The van der Waals surface area contributed by atoms with E-state index in [1.54, 1.807) is 11.6 Å². The van der Waals surface area contributed by atoms with Crippen LogP contribution in [0.1, 0.15) is 31.1 Å². The normalized spacial score (nSPS) is 10.8. The van der Waals surface area contributed by atoms with Crippen LogP contribution in [0, 0.1) is 6.92 Å². The Bertz CT molecular complexity index is 626. The molecule has 0 saturated heterocycles. The average Bonchev–Trinajstić information content (AvgIpc) is 2.64. The van der Waals surface area contributed by atoms with Crippen molar-refractivity contribution in [1.29, 1.82) is 0 Å². The number of nitrogens with two attached hydrogens (primary N) is 1. The lowest BCUT2D eigenvalue weighted by atomic mass is 10.2. The lowest BCUT2D eigenvalue weighted by Crippen LogP contribution is -2.14. The molecule has 0 aromatic carbocycles. The van der Waals surface area contributed by atoms with Crippen LogP contribution in [0.15, 0.2) is 10.9 Å². The van der Waals surface area contributed by atoms with Gasteiger partial charge in [0.2, 0.25) is 0 Å². The number of hydrogen-bond donors (Lipinski definition) is 2. The van der Waals surface area contributed by atoms with Crippen LogP contribution < -0.4 is 11.3 Å². The summed E-state index contributed by atoms with van der Waals surface area (Å²) in [5.74, 6) is 1.08. The van der Waals surface area contributed by atoms with Crippen molar-refractivity contribution >= 4 is 5.69 Å². The minimum Gasteiger partial charge on any atom is -0.396 e. The maximum absolute atomic E-state index is 11.5. The van der Waals surface area contributed by atoms with Gasteiger partial charge in [0.15, 0.2) is 5.82 Å². The fourth-order valence-electron chi connectivity index (χ4n) is 1.98. The first-order chi connectivity index (χ1) is 8.56. The zero-order valence-corrected chi connectivity index (χ0v) is 10.8. The molecule has 2 rings (SSSR count). The summed E-state index contributed by atoms with van der Waals surface area (Å²) in [5.41, 5.74) is 8.28. The van der Waals surface area contributed by atoms with Gasteiger partial charge in [-0.05, 0) is 19.8 Å². The molecule has 18 heavy (non-hydrogen) atoms. The molecule has 0 radical (unpaired) electrons. The topological polar surface area (TPSA) is 89.6 Å². The van der Waals surface area contributed by atoms with Crippen LogP contribution in [-0.2, 0) is 12.8 Å². The second kappa shape index (κ2) is 4.64. The molecule has 0 bridgehead atoms. The molecule has 0 spiro atoms. The van der Waals surface area contributed by atoms with Crippen LogP contribution in [0.3, 0.4) is 0 Å². The fourth-order valence-corrected chi connectivity index (χ4v) is 1.98. The van der Waals surface area contributed by atoms with E-state index in [1.165, 1.54) is 6.07 Å². The zero-order valence-electron chi connectivity index (χ0n) is 10.8. The predicted octanol–water partition coefficient (Wildman–Crippen LogP) is 0.971. The summed E-state index contributed by atoms with van der Waals surface area (Å²) >= 11 is 0.